The van der Waals surface area contributed by atoms with Crippen LogP contribution in [0.2, 0.25) is 0 Å². The van der Waals surface area contributed by atoms with Gasteiger partial charge in [-0.15, -0.1) is 0 Å². The number of carbonyl (C=O) groups excluding carboxylic acids is 1. The summed E-state index contributed by atoms with van der Waals surface area (Å²) in [5.41, 5.74) is 4.89. The van der Waals surface area contributed by atoms with E-state index < -0.39 is 42.4 Å². The van der Waals surface area contributed by atoms with Crippen molar-refractivity contribution in [3.8, 4) is 34.5 Å². The standard InChI is InChI=1S/C24H26F2O4.C23H27F2NO4.C23H25F2NO4/c1-14-10-22(21-6-2-15-11-17(25)4-7-19(15)28-21)30-24(27,13-14)23-9-3-16-12-18(26)5-8-20(16)29-23;2*1-26(12-18(27)22-6-2-14-10-16(24)4-8-20(14)29-22)13-19(28)23-7-3-15-11-17(25)5-9-21(15)30-23/h4-5,7-8,11-12,14,21-23,27H,2-3,6,9-10,13H2,1H3;4-5,8-11,18-19,22-23,27-28H,2-3,6-7,12-13H2,1H3;4-5,8-11,18,22-23,27H,2-3,6-7,12-13H2,1H3/t14?,21-,22?,23+,24?;18-,19?,22+,23?;18-,22+,23?/m100/s1. The Hall–Kier alpha value is -6.91. The molecule has 1 saturated heterocycles. The van der Waals surface area contributed by atoms with E-state index in [1.807, 2.05) is 11.9 Å². The molecular weight excluding hydrogens is 1170 g/mol. The van der Waals surface area contributed by atoms with Crippen molar-refractivity contribution in [2.75, 3.05) is 40.3 Å². The van der Waals surface area contributed by atoms with Gasteiger partial charge in [0.1, 0.15) is 112 Å². The Morgan fingerprint density at radius 3 is 1.23 bits per heavy atom. The SMILES string of the molecule is CC1CC([C@H]2CCc3cc(F)ccc3O2)OC(O)([C@@H]2CCc3cc(F)ccc3O2)C1.CN(CC(=O)C1CCc2cc(F)ccc2O1)C[C@H](O)[C@H]1CCc2cc(F)ccc2O1.CN(CC(O)C1CCc2cc(F)ccc2O1)C[C@H](O)[C@H]1CCc2cc(F)ccc2O1. The van der Waals surface area contributed by atoms with Crippen LogP contribution in [0.3, 0.4) is 0 Å². The molecule has 14 nitrogen and oxygen atoms in total. The monoisotopic (exact) mass is 1250 g/mol. The van der Waals surface area contributed by atoms with Crippen molar-refractivity contribution in [1.82, 2.24) is 9.80 Å². The number of aryl methyl sites for hydroxylation is 6. The first-order valence-electron chi connectivity index (χ1n) is 31.2. The summed E-state index contributed by atoms with van der Waals surface area (Å²) < 4.78 is 122. The number of hydrogen-bond acceptors (Lipinski definition) is 14. The Labute approximate surface area is 520 Å². The first-order chi connectivity index (χ1) is 43.2. The van der Waals surface area contributed by atoms with E-state index in [4.69, 9.17) is 33.2 Å². The predicted octanol–water partition coefficient (Wildman–Crippen LogP) is 10.2. The highest BCUT2D eigenvalue weighted by atomic mass is 19.1. The fraction of sp³-hybridized carbons (Fsp3) is 0.471. The molecule has 0 aliphatic carbocycles. The van der Waals surface area contributed by atoms with Gasteiger partial charge in [0.15, 0.2) is 18.0 Å². The van der Waals surface area contributed by atoms with Crippen LogP contribution in [-0.2, 0) is 48.1 Å². The van der Waals surface area contributed by atoms with Gasteiger partial charge in [-0.2, -0.15) is 0 Å². The van der Waals surface area contributed by atoms with E-state index in [-0.39, 0.29) is 84.1 Å². The van der Waals surface area contributed by atoms with Crippen molar-refractivity contribution < 1.29 is 84.7 Å². The predicted molar refractivity (Wildman–Crippen MR) is 321 cm³/mol. The van der Waals surface area contributed by atoms with Crippen LogP contribution in [0, 0.1) is 40.8 Å². The Balaban J connectivity index is 0.000000139. The number of ketones is 1. The van der Waals surface area contributed by atoms with E-state index >= 15 is 0 Å². The van der Waals surface area contributed by atoms with Crippen LogP contribution in [0.5, 0.6) is 34.5 Å². The van der Waals surface area contributed by atoms with Gasteiger partial charge >= 0.3 is 0 Å². The maximum absolute atomic E-state index is 13.5. The van der Waals surface area contributed by atoms with Crippen LogP contribution < -0.4 is 28.4 Å². The average Bonchev–Trinajstić information content (AvgIpc) is 0.802. The second-order valence-corrected chi connectivity index (χ2v) is 25.2. The second kappa shape index (κ2) is 28.3. The third kappa shape index (κ3) is 15.9. The molecule has 7 heterocycles. The van der Waals surface area contributed by atoms with Gasteiger partial charge in [-0.3, -0.25) is 9.69 Å². The van der Waals surface area contributed by atoms with Crippen LogP contribution in [0.4, 0.5) is 26.3 Å². The number of rotatable bonds is 14. The number of Topliss-reactive ketones (excluding diaryl/α,β-unsaturated/α-hetero) is 1. The van der Waals surface area contributed by atoms with Gasteiger partial charge in [-0.1, -0.05) is 6.92 Å². The number of hydrogen-bond donors (Lipinski definition) is 4. The Kier molecular flexibility index (Phi) is 20.3. The molecule has 0 saturated carbocycles. The summed E-state index contributed by atoms with van der Waals surface area (Å²) in [6, 6.07) is 26.6. The Morgan fingerprint density at radius 1 is 0.467 bits per heavy atom. The number of nitrogens with zero attached hydrogens (tertiary/aromatic N) is 2. The van der Waals surface area contributed by atoms with E-state index in [0.717, 1.165) is 39.8 Å². The van der Waals surface area contributed by atoms with E-state index in [1.54, 1.807) is 48.3 Å². The first kappa shape index (κ1) is 64.6. The van der Waals surface area contributed by atoms with Crippen molar-refractivity contribution in [1.29, 1.82) is 0 Å². The molecule has 0 spiro atoms. The van der Waals surface area contributed by atoms with E-state index in [0.29, 0.717) is 131 Å². The lowest BCUT2D eigenvalue weighted by molar-refractivity contribution is -0.312. The van der Waals surface area contributed by atoms with Gasteiger partial charge in [0.05, 0.1) is 12.6 Å². The van der Waals surface area contributed by atoms with Crippen molar-refractivity contribution in [2.24, 2.45) is 5.92 Å². The van der Waals surface area contributed by atoms with Gasteiger partial charge < -0.3 is 58.5 Å². The molecule has 20 heteroatoms. The average molecular weight is 1250 g/mol. The number of halogens is 6. The van der Waals surface area contributed by atoms with Crippen LogP contribution in [-0.4, -0.2) is 143 Å². The highest BCUT2D eigenvalue weighted by Crippen LogP contribution is 2.43. The van der Waals surface area contributed by atoms with Crippen molar-refractivity contribution >= 4 is 5.78 Å². The van der Waals surface area contributed by atoms with Gasteiger partial charge in [0, 0.05) is 26.1 Å². The summed E-state index contributed by atoms with van der Waals surface area (Å²) in [4.78, 5) is 16.2. The summed E-state index contributed by atoms with van der Waals surface area (Å²) in [7, 11) is 3.59. The summed E-state index contributed by atoms with van der Waals surface area (Å²) in [5, 5.41) is 43.3. The Bertz CT molecular complexity index is 3420. The molecule has 6 unspecified atom stereocenters. The third-order valence-electron chi connectivity index (χ3n) is 18.0. The lowest BCUT2D eigenvalue weighted by Gasteiger charge is -2.47. The molecule has 482 valence electrons. The molecule has 0 radical (unpaired) electrons. The normalized spacial score (nSPS) is 25.6. The fourth-order valence-corrected chi connectivity index (χ4v) is 13.4. The summed E-state index contributed by atoms with van der Waals surface area (Å²) in [6.07, 6.45) is 3.65. The topological polar surface area (TPSA) is 169 Å². The summed E-state index contributed by atoms with van der Waals surface area (Å²) in [5.74, 6) is 0.634. The van der Waals surface area contributed by atoms with E-state index in [9.17, 15) is 51.6 Å². The van der Waals surface area contributed by atoms with Gasteiger partial charge in [0.2, 0.25) is 5.79 Å². The molecule has 6 aromatic carbocycles. The highest BCUT2D eigenvalue weighted by Gasteiger charge is 2.50. The zero-order valence-electron chi connectivity index (χ0n) is 50.7. The first-order valence-corrected chi connectivity index (χ1v) is 31.2. The van der Waals surface area contributed by atoms with Crippen molar-refractivity contribution in [2.45, 2.75) is 164 Å². The zero-order chi connectivity index (χ0) is 63.4. The maximum atomic E-state index is 13.5. The molecule has 1 fully saturated rings. The maximum Gasteiger partial charge on any atom is 0.204 e. The zero-order valence-corrected chi connectivity index (χ0v) is 50.7. The lowest BCUT2D eigenvalue weighted by Crippen LogP contribution is -2.57. The number of aliphatic hydroxyl groups excluding tert-OH is 3. The van der Waals surface area contributed by atoms with Crippen LogP contribution in [0.25, 0.3) is 0 Å². The molecule has 0 amide bonds. The van der Waals surface area contributed by atoms with Crippen LogP contribution in [0.1, 0.15) is 91.7 Å². The molecule has 7 aliphatic rings. The van der Waals surface area contributed by atoms with Crippen LogP contribution in [0.15, 0.2) is 109 Å². The largest absolute Gasteiger partial charge is 0.487 e. The minimum absolute atomic E-state index is 0.0786. The number of ether oxygens (including phenoxy) is 7. The number of aliphatic hydroxyl groups is 4. The minimum atomic E-state index is -1.43. The number of carbonyl (C=O) groups is 1. The second-order valence-electron chi connectivity index (χ2n) is 25.2. The Morgan fingerprint density at radius 2 is 0.811 bits per heavy atom. The van der Waals surface area contributed by atoms with Crippen LogP contribution >= 0.6 is 0 Å². The molecule has 4 N–H and O–H groups in total. The molecule has 90 heavy (non-hydrogen) atoms. The van der Waals surface area contributed by atoms with E-state index in [1.165, 1.54) is 72.8 Å². The van der Waals surface area contributed by atoms with Crippen molar-refractivity contribution in [3.05, 3.63) is 177 Å². The van der Waals surface area contributed by atoms with Gasteiger partial charge in [-0.25, -0.2) is 26.3 Å². The molecule has 0 bridgehead atoms. The van der Waals surface area contributed by atoms with Gasteiger partial charge in [0.25, 0.3) is 0 Å². The van der Waals surface area contributed by atoms with Gasteiger partial charge in [-0.05, 0) is 246 Å². The third-order valence-corrected chi connectivity index (χ3v) is 18.0. The molecule has 0 aromatic heterocycles. The molecule has 12 atom stereocenters. The number of benzene rings is 6. The fourth-order valence-electron chi connectivity index (χ4n) is 13.4. The van der Waals surface area contributed by atoms with E-state index in [2.05, 4.69) is 6.92 Å². The summed E-state index contributed by atoms with van der Waals surface area (Å²) in [6.45, 7) is 3.15. The minimum Gasteiger partial charge on any atom is -0.487 e. The lowest BCUT2D eigenvalue weighted by atomic mass is 9.83. The molecule has 7 aliphatic heterocycles. The van der Waals surface area contributed by atoms with Crippen molar-refractivity contribution in [3.63, 3.8) is 0 Å². The molecule has 6 aromatic rings. The highest BCUT2D eigenvalue weighted by molar-refractivity contribution is 5.85. The quantitative estimate of drug-likeness (QED) is 0.0761. The molecular formula is C70H78F6N2O12. The summed E-state index contributed by atoms with van der Waals surface area (Å²) >= 11 is 0. The smallest absolute Gasteiger partial charge is 0.204 e. The number of likely N-dealkylation sites (N-methyl/N-ethyl adjacent to an activating group) is 2. The molecule has 13 rings (SSSR count). The number of fused-ring (bicyclic) bond motifs is 6.